The standard InChI is InChI=1S/C23H28N2O7/c1-24(2)20-14-8-12-7-13-11(10-25(3)32-4)5-6-15(26)19(13)21(29)18(12)22(30)23(14,31)17(28)9-16(20)27/h5-6,9,12,14,20,26-27,30-31H,7-8,10H2,1-4H3. The average molecular weight is 444 g/mol. The Balaban J connectivity index is 1.88. The van der Waals surface area contributed by atoms with Crippen LogP contribution >= 0.6 is 0 Å². The second kappa shape index (κ2) is 7.70. The number of Topliss-reactive ketones (excluding diaryl/α,β-unsaturated/α-hetero) is 1. The third kappa shape index (κ3) is 3.07. The number of phenols is 1. The van der Waals surface area contributed by atoms with Crippen LogP contribution in [0.15, 0.2) is 35.3 Å². The van der Waals surface area contributed by atoms with Gasteiger partial charge in [-0.2, -0.15) is 5.06 Å². The molecule has 0 bridgehead atoms. The molecule has 0 fully saturated rings. The van der Waals surface area contributed by atoms with Crippen LogP contribution in [0.3, 0.4) is 0 Å². The predicted octanol–water partition coefficient (Wildman–Crippen LogP) is 1.26. The Morgan fingerprint density at radius 1 is 1.16 bits per heavy atom. The third-order valence-corrected chi connectivity index (χ3v) is 7.01. The number of hydrogen-bond acceptors (Lipinski definition) is 9. The number of phenolic OH excluding ortho intramolecular Hbond substituents is 1. The summed E-state index contributed by atoms with van der Waals surface area (Å²) in [4.78, 5) is 33.1. The van der Waals surface area contributed by atoms with Gasteiger partial charge in [-0.05, 0) is 50.0 Å². The molecule has 0 spiro atoms. The summed E-state index contributed by atoms with van der Waals surface area (Å²) in [6, 6.07) is 2.44. The van der Waals surface area contributed by atoms with E-state index in [1.807, 2.05) is 0 Å². The van der Waals surface area contributed by atoms with Gasteiger partial charge in [0.15, 0.2) is 17.2 Å². The zero-order valence-corrected chi connectivity index (χ0v) is 18.5. The molecular weight excluding hydrogens is 416 g/mol. The summed E-state index contributed by atoms with van der Waals surface area (Å²) in [5.74, 6) is -3.90. The monoisotopic (exact) mass is 444 g/mol. The molecule has 9 heteroatoms. The molecule has 0 saturated carbocycles. The first-order valence-corrected chi connectivity index (χ1v) is 10.4. The lowest BCUT2D eigenvalue weighted by Crippen LogP contribution is -2.61. The molecule has 1 aromatic carbocycles. The Kier molecular flexibility index (Phi) is 5.41. The van der Waals surface area contributed by atoms with Gasteiger partial charge in [0, 0.05) is 31.2 Å². The van der Waals surface area contributed by atoms with E-state index >= 15 is 0 Å². The molecule has 4 N–H and O–H groups in total. The topological polar surface area (TPSA) is 131 Å². The van der Waals surface area contributed by atoms with E-state index in [2.05, 4.69) is 0 Å². The van der Waals surface area contributed by atoms with Crippen LogP contribution in [0, 0.1) is 11.8 Å². The van der Waals surface area contributed by atoms with Crippen LogP contribution in [0.5, 0.6) is 5.75 Å². The molecule has 0 aromatic heterocycles. The molecule has 4 unspecified atom stereocenters. The normalized spacial score (nSPS) is 29.7. The molecule has 3 aliphatic carbocycles. The van der Waals surface area contributed by atoms with Gasteiger partial charge >= 0.3 is 0 Å². The number of likely N-dealkylation sites (N-methyl/N-ethyl adjacent to an activating group) is 1. The second-order valence-electron chi connectivity index (χ2n) is 9.01. The quantitative estimate of drug-likeness (QED) is 0.507. The highest BCUT2D eigenvalue weighted by Crippen LogP contribution is 2.51. The Morgan fingerprint density at radius 2 is 1.84 bits per heavy atom. The molecule has 9 nitrogen and oxygen atoms in total. The number of aromatic hydroxyl groups is 1. The average Bonchev–Trinajstić information content (AvgIpc) is 2.72. The van der Waals surface area contributed by atoms with Crippen molar-refractivity contribution in [1.82, 2.24) is 9.96 Å². The number of aliphatic hydroxyl groups is 3. The maximum Gasteiger partial charge on any atom is 0.198 e. The van der Waals surface area contributed by atoms with Crippen molar-refractivity contribution in [3.8, 4) is 5.75 Å². The number of ketones is 2. The number of aliphatic hydroxyl groups excluding tert-OH is 2. The molecule has 4 rings (SSSR count). The molecular formula is C23H28N2O7. The van der Waals surface area contributed by atoms with E-state index < -0.39 is 40.8 Å². The van der Waals surface area contributed by atoms with Crippen molar-refractivity contribution in [3.63, 3.8) is 0 Å². The highest BCUT2D eigenvalue weighted by Gasteiger charge is 2.60. The molecule has 172 valence electrons. The van der Waals surface area contributed by atoms with Crippen LogP contribution < -0.4 is 0 Å². The van der Waals surface area contributed by atoms with E-state index in [1.54, 1.807) is 37.2 Å². The number of hydrogen-bond donors (Lipinski definition) is 4. The first kappa shape index (κ1) is 22.5. The SMILES string of the molecule is CON(C)Cc1ccc(O)c2c1CC1CC3C(N(C)C)C(O)=CC(=O)C3(O)C(O)=C1C2=O. The molecule has 0 saturated heterocycles. The van der Waals surface area contributed by atoms with Crippen LogP contribution in [0.4, 0.5) is 0 Å². The summed E-state index contributed by atoms with van der Waals surface area (Å²) in [7, 11) is 6.69. The Morgan fingerprint density at radius 3 is 2.47 bits per heavy atom. The summed E-state index contributed by atoms with van der Waals surface area (Å²) in [6.07, 6.45) is 1.44. The largest absolute Gasteiger partial charge is 0.510 e. The predicted molar refractivity (Wildman–Crippen MR) is 114 cm³/mol. The van der Waals surface area contributed by atoms with Gasteiger partial charge in [-0.25, -0.2) is 0 Å². The summed E-state index contributed by atoms with van der Waals surface area (Å²) >= 11 is 0. The van der Waals surface area contributed by atoms with Crippen molar-refractivity contribution < 1.29 is 34.9 Å². The molecule has 3 aliphatic rings. The fourth-order valence-corrected chi connectivity index (χ4v) is 5.46. The van der Waals surface area contributed by atoms with E-state index in [0.29, 0.717) is 18.5 Å². The van der Waals surface area contributed by atoms with Gasteiger partial charge in [0.05, 0.1) is 18.7 Å². The van der Waals surface area contributed by atoms with Crippen molar-refractivity contribution >= 4 is 11.6 Å². The second-order valence-corrected chi connectivity index (χ2v) is 9.01. The summed E-state index contributed by atoms with van der Waals surface area (Å²) in [5, 5.41) is 45.0. The maximum atomic E-state index is 13.5. The first-order chi connectivity index (χ1) is 15.0. The van der Waals surface area contributed by atoms with Gasteiger partial charge in [0.2, 0.25) is 0 Å². The van der Waals surface area contributed by atoms with Crippen LogP contribution in [0.1, 0.15) is 27.9 Å². The molecule has 0 aliphatic heterocycles. The molecule has 0 amide bonds. The van der Waals surface area contributed by atoms with Crippen LogP contribution in [0.2, 0.25) is 0 Å². The fourth-order valence-electron chi connectivity index (χ4n) is 5.46. The van der Waals surface area contributed by atoms with Crippen LogP contribution in [-0.4, -0.2) is 81.9 Å². The third-order valence-electron chi connectivity index (χ3n) is 7.01. The number of carbonyl (C=O) groups excluding carboxylic acids is 2. The minimum Gasteiger partial charge on any atom is -0.510 e. The lowest BCUT2D eigenvalue weighted by atomic mass is 9.59. The Labute approximate surface area is 185 Å². The minimum absolute atomic E-state index is 0.0514. The highest BCUT2D eigenvalue weighted by atomic mass is 16.7. The van der Waals surface area contributed by atoms with Gasteiger partial charge < -0.3 is 25.3 Å². The van der Waals surface area contributed by atoms with Crippen molar-refractivity contribution in [3.05, 3.63) is 52.0 Å². The number of fused-ring (bicyclic) bond motifs is 3. The number of rotatable bonds is 4. The van der Waals surface area contributed by atoms with E-state index in [9.17, 15) is 30.0 Å². The minimum atomic E-state index is -2.32. The molecule has 0 radical (unpaired) electrons. The van der Waals surface area contributed by atoms with Crippen molar-refractivity contribution in [2.45, 2.75) is 31.0 Å². The summed E-state index contributed by atoms with van der Waals surface area (Å²) in [5.41, 5.74) is -0.860. The smallest absolute Gasteiger partial charge is 0.198 e. The summed E-state index contributed by atoms with van der Waals surface area (Å²) < 4.78 is 0. The highest BCUT2D eigenvalue weighted by molar-refractivity contribution is 6.15. The molecule has 0 heterocycles. The van der Waals surface area contributed by atoms with Crippen LogP contribution in [0.25, 0.3) is 0 Å². The zero-order valence-electron chi connectivity index (χ0n) is 18.5. The van der Waals surface area contributed by atoms with Crippen molar-refractivity contribution in [2.75, 3.05) is 28.3 Å². The van der Waals surface area contributed by atoms with E-state index in [0.717, 1.165) is 11.6 Å². The number of allylic oxidation sites excluding steroid dienone is 1. The van der Waals surface area contributed by atoms with Crippen molar-refractivity contribution in [2.24, 2.45) is 11.8 Å². The fraction of sp³-hybridized carbons (Fsp3) is 0.478. The zero-order chi connectivity index (χ0) is 23.5. The number of nitrogens with zero attached hydrogens (tertiary/aromatic N) is 2. The lowest BCUT2D eigenvalue weighted by molar-refractivity contribution is -0.145. The summed E-state index contributed by atoms with van der Waals surface area (Å²) in [6.45, 7) is 0.375. The van der Waals surface area contributed by atoms with Gasteiger partial charge in [-0.15, -0.1) is 0 Å². The number of carbonyl (C=O) groups is 2. The first-order valence-electron chi connectivity index (χ1n) is 10.4. The Bertz CT molecular complexity index is 1060. The van der Waals surface area contributed by atoms with Crippen molar-refractivity contribution in [1.29, 1.82) is 0 Å². The van der Waals surface area contributed by atoms with Gasteiger partial charge in [0.1, 0.15) is 17.3 Å². The molecule has 32 heavy (non-hydrogen) atoms. The number of hydroxylamine groups is 2. The van der Waals surface area contributed by atoms with E-state index in [4.69, 9.17) is 4.84 Å². The number of benzene rings is 1. The van der Waals surface area contributed by atoms with Gasteiger partial charge in [-0.1, -0.05) is 6.07 Å². The van der Waals surface area contributed by atoms with Crippen LogP contribution in [-0.2, 0) is 22.6 Å². The maximum absolute atomic E-state index is 13.5. The van der Waals surface area contributed by atoms with E-state index in [1.165, 1.54) is 13.2 Å². The van der Waals surface area contributed by atoms with Gasteiger partial charge in [-0.3, -0.25) is 14.5 Å². The molecule has 4 atom stereocenters. The Hall–Kier alpha value is -2.72. The molecule has 1 aromatic rings. The lowest BCUT2D eigenvalue weighted by Gasteiger charge is -2.49. The van der Waals surface area contributed by atoms with Gasteiger partial charge in [0.25, 0.3) is 0 Å². The van der Waals surface area contributed by atoms with E-state index in [-0.39, 0.29) is 29.1 Å².